The lowest BCUT2D eigenvalue weighted by Gasteiger charge is -2.46. The standard InChI is InChI=1S/C18H25N5O3/c24-6-4-14-10-23(21-20-14)11-15-8-13-3-5-22(15)12-17(13)18(25)19-9-16-2-1-7-26-16/h1-2,7,10,13,15,17,24H,3-6,8-9,11-12H2,(H,19,25)/p+1/t13-,15-,17+/m1/s1. The number of fused-ring (bicyclic) bond motifs is 3. The van der Waals surface area contributed by atoms with Crippen LogP contribution in [-0.4, -0.2) is 51.7 Å². The molecule has 3 aliphatic rings. The molecular weight excluding hydrogens is 334 g/mol. The van der Waals surface area contributed by atoms with Gasteiger partial charge in [-0.15, -0.1) is 5.10 Å². The second-order valence-corrected chi connectivity index (χ2v) is 7.40. The van der Waals surface area contributed by atoms with Crippen molar-refractivity contribution in [1.29, 1.82) is 0 Å². The fraction of sp³-hybridized carbons (Fsp3) is 0.611. The number of carbonyl (C=O) groups is 1. The molecular formula is C18H26N5O3+. The first-order valence-corrected chi connectivity index (χ1v) is 9.37. The average molecular weight is 360 g/mol. The predicted octanol–water partition coefficient (Wildman–Crippen LogP) is -0.984. The Morgan fingerprint density at radius 1 is 1.50 bits per heavy atom. The number of nitrogens with zero attached hydrogens (tertiary/aromatic N) is 3. The number of rotatable bonds is 7. The number of hydrogen-bond donors (Lipinski definition) is 3. The summed E-state index contributed by atoms with van der Waals surface area (Å²) in [6, 6.07) is 4.19. The summed E-state index contributed by atoms with van der Waals surface area (Å²) >= 11 is 0. The van der Waals surface area contributed by atoms with Crippen molar-refractivity contribution in [2.45, 2.75) is 38.4 Å². The van der Waals surface area contributed by atoms with Crippen molar-refractivity contribution >= 4 is 5.91 Å². The number of aliphatic hydroxyl groups excluding tert-OH is 1. The first kappa shape index (κ1) is 17.2. The van der Waals surface area contributed by atoms with E-state index in [2.05, 4.69) is 15.6 Å². The Bertz CT molecular complexity index is 729. The minimum Gasteiger partial charge on any atom is -0.467 e. The molecule has 26 heavy (non-hydrogen) atoms. The van der Waals surface area contributed by atoms with Crippen LogP contribution in [0.25, 0.3) is 0 Å². The Labute approximate surface area is 152 Å². The molecule has 3 aliphatic heterocycles. The van der Waals surface area contributed by atoms with Gasteiger partial charge in [0.25, 0.3) is 0 Å². The first-order valence-electron chi connectivity index (χ1n) is 9.37. The molecule has 0 aromatic carbocycles. The monoisotopic (exact) mass is 360 g/mol. The van der Waals surface area contributed by atoms with E-state index in [-0.39, 0.29) is 18.4 Å². The van der Waals surface area contributed by atoms with Crippen LogP contribution >= 0.6 is 0 Å². The van der Waals surface area contributed by atoms with E-state index in [9.17, 15) is 4.79 Å². The van der Waals surface area contributed by atoms with Crippen LogP contribution in [0.5, 0.6) is 0 Å². The van der Waals surface area contributed by atoms with Gasteiger partial charge in [-0.05, 0) is 18.1 Å². The number of furan rings is 1. The van der Waals surface area contributed by atoms with Gasteiger partial charge in [0.1, 0.15) is 11.8 Å². The van der Waals surface area contributed by atoms with Gasteiger partial charge >= 0.3 is 0 Å². The lowest BCUT2D eigenvalue weighted by Crippen LogP contribution is -3.20. The van der Waals surface area contributed by atoms with Gasteiger partial charge in [0.2, 0.25) is 5.91 Å². The summed E-state index contributed by atoms with van der Waals surface area (Å²) in [7, 11) is 0. The van der Waals surface area contributed by atoms with Crippen LogP contribution in [-0.2, 0) is 24.3 Å². The van der Waals surface area contributed by atoms with Gasteiger partial charge in [-0.2, -0.15) is 0 Å². The second-order valence-electron chi connectivity index (χ2n) is 7.40. The highest BCUT2D eigenvalue weighted by Crippen LogP contribution is 2.27. The molecule has 4 atom stereocenters. The fourth-order valence-corrected chi connectivity index (χ4v) is 4.42. The normalized spacial score (nSPS) is 27.6. The van der Waals surface area contributed by atoms with E-state index >= 15 is 0 Å². The molecule has 5 rings (SSSR count). The van der Waals surface area contributed by atoms with Gasteiger partial charge < -0.3 is 19.7 Å². The summed E-state index contributed by atoms with van der Waals surface area (Å²) in [6.07, 6.45) is 6.25. The van der Waals surface area contributed by atoms with E-state index in [1.165, 1.54) is 4.90 Å². The van der Waals surface area contributed by atoms with Crippen molar-refractivity contribution in [3.63, 3.8) is 0 Å². The van der Waals surface area contributed by atoms with Gasteiger partial charge in [0.15, 0.2) is 0 Å². The predicted molar refractivity (Wildman–Crippen MR) is 92.1 cm³/mol. The number of hydrogen-bond acceptors (Lipinski definition) is 5. The van der Waals surface area contributed by atoms with E-state index in [0.717, 1.165) is 43.9 Å². The highest BCUT2D eigenvalue weighted by atomic mass is 16.3. The number of quaternary nitrogens is 1. The maximum atomic E-state index is 12.6. The molecule has 0 aliphatic carbocycles. The number of piperidine rings is 3. The number of aliphatic hydroxyl groups is 1. The third-order valence-electron chi connectivity index (χ3n) is 5.77. The first-order chi connectivity index (χ1) is 12.7. The quantitative estimate of drug-likeness (QED) is 0.589. The van der Waals surface area contributed by atoms with E-state index < -0.39 is 0 Å². The molecule has 2 aromatic rings. The van der Waals surface area contributed by atoms with Crippen molar-refractivity contribution < 1.29 is 19.2 Å². The van der Waals surface area contributed by atoms with Crippen LogP contribution in [0.4, 0.5) is 0 Å². The largest absolute Gasteiger partial charge is 0.467 e. The summed E-state index contributed by atoms with van der Waals surface area (Å²) in [4.78, 5) is 14.1. The minimum atomic E-state index is 0.0886. The van der Waals surface area contributed by atoms with Crippen molar-refractivity contribution in [3.8, 4) is 0 Å². The van der Waals surface area contributed by atoms with Crippen molar-refractivity contribution in [3.05, 3.63) is 36.0 Å². The molecule has 3 saturated heterocycles. The molecule has 3 fully saturated rings. The molecule has 8 heteroatoms. The second kappa shape index (κ2) is 7.59. The van der Waals surface area contributed by atoms with E-state index in [1.54, 1.807) is 6.26 Å². The van der Waals surface area contributed by atoms with Gasteiger partial charge in [-0.3, -0.25) is 4.79 Å². The summed E-state index contributed by atoms with van der Waals surface area (Å²) in [6.45, 7) is 3.38. The highest BCUT2D eigenvalue weighted by Gasteiger charge is 2.46. The summed E-state index contributed by atoms with van der Waals surface area (Å²) < 4.78 is 7.17. The molecule has 1 amide bonds. The van der Waals surface area contributed by atoms with Crippen LogP contribution in [0.15, 0.2) is 29.0 Å². The lowest BCUT2D eigenvalue weighted by molar-refractivity contribution is -0.945. The van der Waals surface area contributed by atoms with Gasteiger partial charge in [0.05, 0.1) is 44.1 Å². The van der Waals surface area contributed by atoms with E-state index in [4.69, 9.17) is 9.52 Å². The number of aromatic nitrogens is 3. The molecule has 8 nitrogen and oxygen atoms in total. The molecule has 2 bridgehead atoms. The fourth-order valence-electron chi connectivity index (χ4n) is 4.42. The molecule has 0 radical (unpaired) electrons. The summed E-state index contributed by atoms with van der Waals surface area (Å²) in [5.41, 5.74) is 0.827. The zero-order chi connectivity index (χ0) is 17.9. The maximum Gasteiger partial charge on any atom is 0.229 e. The van der Waals surface area contributed by atoms with Crippen molar-refractivity contribution in [1.82, 2.24) is 20.3 Å². The average Bonchev–Trinajstić information content (AvgIpc) is 3.33. The molecule has 3 N–H and O–H groups in total. The van der Waals surface area contributed by atoms with Gasteiger partial charge in [-0.25, -0.2) is 4.68 Å². The third-order valence-corrected chi connectivity index (χ3v) is 5.77. The van der Waals surface area contributed by atoms with Crippen LogP contribution < -0.4 is 10.2 Å². The van der Waals surface area contributed by atoms with E-state index in [0.29, 0.717) is 24.9 Å². The number of nitrogens with one attached hydrogen (secondary N) is 2. The molecule has 5 heterocycles. The molecule has 1 unspecified atom stereocenters. The van der Waals surface area contributed by atoms with Crippen LogP contribution in [0.1, 0.15) is 24.3 Å². The van der Waals surface area contributed by atoms with Gasteiger partial charge in [-0.1, -0.05) is 5.21 Å². The molecule has 0 saturated carbocycles. The Morgan fingerprint density at radius 3 is 3.15 bits per heavy atom. The summed E-state index contributed by atoms with van der Waals surface area (Å²) in [5, 5.41) is 20.3. The van der Waals surface area contributed by atoms with E-state index in [1.807, 2.05) is 23.0 Å². The van der Waals surface area contributed by atoms with Crippen LogP contribution in [0, 0.1) is 11.8 Å². The maximum absolute atomic E-state index is 12.6. The minimum absolute atomic E-state index is 0.0886. The third kappa shape index (κ3) is 3.66. The topological polar surface area (TPSA) is 97.6 Å². The molecule has 0 spiro atoms. The van der Waals surface area contributed by atoms with Crippen molar-refractivity contribution in [2.24, 2.45) is 11.8 Å². The number of amides is 1. The van der Waals surface area contributed by atoms with Crippen LogP contribution in [0.2, 0.25) is 0 Å². The Kier molecular flexibility index (Phi) is 5.03. The number of carbonyl (C=O) groups excluding carboxylic acids is 1. The zero-order valence-corrected chi connectivity index (χ0v) is 14.8. The summed E-state index contributed by atoms with van der Waals surface area (Å²) in [5.74, 6) is 1.46. The Morgan fingerprint density at radius 2 is 2.42 bits per heavy atom. The molecule has 2 aromatic heterocycles. The Balaban J connectivity index is 1.32. The lowest BCUT2D eigenvalue weighted by atomic mass is 9.75. The Hall–Kier alpha value is -2.19. The SMILES string of the molecule is O=C(NCc1ccco1)[C@H]1C[NH+]2CC[C@@H]1C[C@@H]2Cn1cc(CCO)nn1. The van der Waals surface area contributed by atoms with Gasteiger partial charge in [0, 0.05) is 32.1 Å². The van der Waals surface area contributed by atoms with Crippen molar-refractivity contribution in [2.75, 3.05) is 19.7 Å². The highest BCUT2D eigenvalue weighted by molar-refractivity contribution is 5.79. The zero-order valence-electron chi connectivity index (χ0n) is 14.8. The van der Waals surface area contributed by atoms with Crippen LogP contribution in [0.3, 0.4) is 0 Å². The molecule has 140 valence electrons. The smallest absolute Gasteiger partial charge is 0.229 e.